The molecule has 1 aromatic heterocycles. The quantitative estimate of drug-likeness (QED) is 0.840. The smallest absolute Gasteiger partial charge is 0.256 e. The van der Waals surface area contributed by atoms with Crippen molar-refractivity contribution in [3.63, 3.8) is 0 Å². The minimum Gasteiger partial charge on any atom is -0.341 e. The molecule has 98 valence electrons. The van der Waals surface area contributed by atoms with E-state index in [9.17, 15) is 4.79 Å². The van der Waals surface area contributed by atoms with Crippen molar-refractivity contribution in [3.8, 4) is 0 Å². The second-order valence-electron chi connectivity index (χ2n) is 5.05. The Morgan fingerprint density at radius 1 is 1.44 bits per heavy atom. The number of amides is 1. The molecular formula is C14H19ClN2O. The average Bonchev–Trinajstić information content (AvgIpc) is 2.39. The standard InChI is InChI=1S/C14H19ClN2O/c1-17(10-11-5-3-2-4-6-11)14(18)12-9-16-8-7-13(12)15/h7-9,11H,2-6,10H2,1H3. The van der Waals surface area contributed by atoms with Gasteiger partial charge < -0.3 is 4.90 Å². The molecule has 1 aliphatic carbocycles. The molecule has 3 nitrogen and oxygen atoms in total. The van der Waals surface area contributed by atoms with Gasteiger partial charge in [0, 0.05) is 26.0 Å². The zero-order valence-electron chi connectivity index (χ0n) is 10.7. The zero-order valence-corrected chi connectivity index (χ0v) is 11.5. The lowest BCUT2D eigenvalue weighted by Gasteiger charge is -2.27. The fourth-order valence-corrected chi connectivity index (χ4v) is 2.77. The van der Waals surface area contributed by atoms with Crippen LogP contribution in [0.4, 0.5) is 0 Å². The van der Waals surface area contributed by atoms with Gasteiger partial charge in [-0.1, -0.05) is 30.9 Å². The molecule has 1 saturated carbocycles. The molecule has 0 saturated heterocycles. The maximum atomic E-state index is 12.2. The molecule has 1 aromatic rings. The Morgan fingerprint density at radius 3 is 2.83 bits per heavy atom. The van der Waals surface area contributed by atoms with Crippen LogP contribution in [0.15, 0.2) is 18.5 Å². The van der Waals surface area contributed by atoms with E-state index in [-0.39, 0.29) is 5.91 Å². The van der Waals surface area contributed by atoms with Crippen LogP contribution in [0.2, 0.25) is 5.02 Å². The summed E-state index contributed by atoms with van der Waals surface area (Å²) < 4.78 is 0. The van der Waals surface area contributed by atoms with Gasteiger partial charge in [0.1, 0.15) is 0 Å². The summed E-state index contributed by atoms with van der Waals surface area (Å²) in [5.74, 6) is 0.613. The normalized spacial score (nSPS) is 16.6. The minimum absolute atomic E-state index is 0.0290. The summed E-state index contributed by atoms with van der Waals surface area (Å²) in [6, 6.07) is 1.66. The molecule has 0 bridgehead atoms. The Labute approximate surface area is 113 Å². The molecular weight excluding hydrogens is 248 g/mol. The van der Waals surface area contributed by atoms with Crippen LogP contribution >= 0.6 is 11.6 Å². The van der Waals surface area contributed by atoms with Crippen molar-refractivity contribution in [2.75, 3.05) is 13.6 Å². The number of carbonyl (C=O) groups excluding carboxylic acids is 1. The zero-order chi connectivity index (χ0) is 13.0. The first kappa shape index (κ1) is 13.3. The summed E-state index contributed by atoms with van der Waals surface area (Å²) in [7, 11) is 1.85. The molecule has 0 spiro atoms. The van der Waals surface area contributed by atoms with Gasteiger partial charge in [0.25, 0.3) is 5.91 Å². The summed E-state index contributed by atoms with van der Waals surface area (Å²) in [5, 5.41) is 0.477. The van der Waals surface area contributed by atoms with Gasteiger partial charge in [-0.05, 0) is 24.8 Å². The first-order valence-electron chi connectivity index (χ1n) is 6.53. The number of halogens is 1. The van der Waals surface area contributed by atoms with Crippen LogP contribution in [-0.2, 0) is 0 Å². The average molecular weight is 267 g/mol. The largest absolute Gasteiger partial charge is 0.341 e. The molecule has 0 atom stereocenters. The maximum Gasteiger partial charge on any atom is 0.256 e. The van der Waals surface area contributed by atoms with Crippen LogP contribution in [0, 0.1) is 5.92 Å². The van der Waals surface area contributed by atoms with Crippen LogP contribution in [0.25, 0.3) is 0 Å². The maximum absolute atomic E-state index is 12.2. The lowest BCUT2D eigenvalue weighted by Crippen LogP contribution is -2.32. The number of rotatable bonds is 3. The Hall–Kier alpha value is -1.09. The van der Waals surface area contributed by atoms with E-state index in [1.54, 1.807) is 23.4 Å². The Morgan fingerprint density at radius 2 is 2.17 bits per heavy atom. The molecule has 0 aromatic carbocycles. The number of pyridine rings is 1. The third-order valence-corrected chi connectivity index (χ3v) is 3.93. The van der Waals surface area contributed by atoms with Gasteiger partial charge in [-0.15, -0.1) is 0 Å². The molecule has 18 heavy (non-hydrogen) atoms. The highest BCUT2D eigenvalue weighted by Crippen LogP contribution is 2.25. The van der Waals surface area contributed by atoms with E-state index in [0.29, 0.717) is 16.5 Å². The van der Waals surface area contributed by atoms with Crippen LogP contribution < -0.4 is 0 Å². The third kappa shape index (κ3) is 3.22. The predicted molar refractivity (Wildman–Crippen MR) is 72.8 cm³/mol. The molecule has 0 radical (unpaired) electrons. The molecule has 1 amide bonds. The molecule has 1 aliphatic rings. The first-order chi connectivity index (χ1) is 8.68. The summed E-state index contributed by atoms with van der Waals surface area (Å²) in [6.07, 6.45) is 9.53. The SMILES string of the molecule is CN(CC1CCCCC1)C(=O)c1cnccc1Cl. The Kier molecular flexibility index (Phi) is 4.59. The lowest BCUT2D eigenvalue weighted by atomic mass is 9.89. The number of nitrogens with zero attached hydrogens (tertiary/aromatic N) is 2. The molecule has 2 rings (SSSR count). The van der Waals surface area contributed by atoms with Gasteiger partial charge in [-0.3, -0.25) is 9.78 Å². The number of hydrogen-bond donors (Lipinski definition) is 0. The molecule has 0 unspecified atom stereocenters. The fourth-order valence-electron chi connectivity index (χ4n) is 2.58. The van der Waals surface area contributed by atoms with Crippen molar-refractivity contribution in [2.24, 2.45) is 5.92 Å². The van der Waals surface area contributed by atoms with Crippen LogP contribution in [0.5, 0.6) is 0 Å². The first-order valence-corrected chi connectivity index (χ1v) is 6.91. The predicted octanol–water partition coefficient (Wildman–Crippen LogP) is 3.39. The minimum atomic E-state index is -0.0290. The molecule has 0 aliphatic heterocycles. The van der Waals surface area contributed by atoms with Crippen LogP contribution in [-0.4, -0.2) is 29.4 Å². The summed E-state index contributed by atoms with van der Waals surface area (Å²) in [6.45, 7) is 0.823. The van der Waals surface area contributed by atoms with Crippen molar-refractivity contribution in [3.05, 3.63) is 29.0 Å². The second-order valence-corrected chi connectivity index (χ2v) is 5.45. The van der Waals surface area contributed by atoms with Crippen LogP contribution in [0.1, 0.15) is 42.5 Å². The van der Waals surface area contributed by atoms with E-state index >= 15 is 0 Å². The van der Waals surface area contributed by atoms with Gasteiger partial charge in [-0.25, -0.2) is 0 Å². The lowest BCUT2D eigenvalue weighted by molar-refractivity contribution is 0.0760. The van der Waals surface area contributed by atoms with Gasteiger partial charge in [0.15, 0.2) is 0 Å². The van der Waals surface area contributed by atoms with Crippen molar-refractivity contribution >= 4 is 17.5 Å². The monoisotopic (exact) mass is 266 g/mol. The van der Waals surface area contributed by atoms with Gasteiger partial charge in [0.05, 0.1) is 10.6 Å². The highest BCUT2D eigenvalue weighted by Gasteiger charge is 2.20. The van der Waals surface area contributed by atoms with E-state index < -0.39 is 0 Å². The topological polar surface area (TPSA) is 33.2 Å². The highest BCUT2D eigenvalue weighted by molar-refractivity contribution is 6.33. The number of hydrogen-bond acceptors (Lipinski definition) is 2. The number of carbonyl (C=O) groups is 1. The molecule has 1 heterocycles. The van der Waals surface area contributed by atoms with Gasteiger partial charge >= 0.3 is 0 Å². The number of aromatic nitrogens is 1. The summed E-state index contributed by atoms with van der Waals surface area (Å²) in [4.78, 5) is 18.0. The van der Waals surface area contributed by atoms with E-state index in [1.807, 2.05) is 7.05 Å². The Bertz CT molecular complexity index is 416. The third-order valence-electron chi connectivity index (χ3n) is 3.60. The summed E-state index contributed by atoms with van der Waals surface area (Å²) >= 11 is 6.02. The van der Waals surface area contributed by atoms with Crippen molar-refractivity contribution in [1.82, 2.24) is 9.88 Å². The second kappa shape index (κ2) is 6.19. The van der Waals surface area contributed by atoms with Crippen molar-refractivity contribution in [1.29, 1.82) is 0 Å². The van der Waals surface area contributed by atoms with Gasteiger partial charge in [0.2, 0.25) is 0 Å². The molecule has 0 N–H and O–H groups in total. The van der Waals surface area contributed by atoms with E-state index in [1.165, 1.54) is 32.1 Å². The summed E-state index contributed by atoms with van der Waals surface area (Å²) in [5.41, 5.74) is 0.498. The van der Waals surface area contributed by atoms with Gasteiger partial charge in [-0.2, -0.15) is 0 Å². The van der Waals surface area contributed by atoms with Crippen molar-refractivity contribution in [2.45, 2.75) is 32.1 Å². The molecule has 1 fully saturated rings. The van der Waals surface area contributed by atoms with Crippen molar-refractivity contribution < 1.29 is 4.79 Å². The van der Waals surface area contributed by atoms with E-state index in [4.69, 9.17) is 11.6 Å². The Balaban J connectivity index is 1.98. The fraction of sp³-hybridized carbons (Fsp3) is 0.571. The van der Waals surface area contributed by atoms with E-state index in [2.05, 4.69) is 4.98 Å². The van der Waals surface area contributed by atoms with Crippen LogP contribution in [0.3, 0.4) is 0 Å². The molecule has 4 heteroatoms. The highest BCUT2D eigenvalue weighted by atomic mass is 35.5. The van der Waals surface area contributed by atoms with E-state index in [0.717, 1.165) is 6.54 Å².